The molecule has 0 radical (unpaired) electrons. The first-order chi connectivity index (χ1) is 12.4. The molecular formula is C18H27N3O4S. The van der Waals surface area contributed by atoms with Crippen molar-refractivity contribution < 1.29 is 18.0 Å². The average Bonchev–Trinajstić information content (AvgIpc) is 2.67. The molecule has 1 fully saturated rings. The van der Waals surface area contributed by atoms with Crippen molar-refractivity contribution in [2.45, 2.75) is 37.5 Å². The van der Waals surface area contributed by atoms with Crippen LogP contribution in [0.25, 0.3) is 0 Å². The van der Waals surface area contributed by atoms with Crippen molar-refractivity contribution in [3.05, 3.63) is 30.3 Å². The van der Waals surface area contributed by atoms with E-state index < -0.39 is 10.0 Å². The molecule has 2 rings (SSSR count). The van der Waals surface area contributed by atoms with Gasteiger partial charge in [0.1, 0.15) is 0 Å². The van der Waals surface area contributed by atoms with E-state index in [9.17, 15) is 18.0 Å². The van der Waals surface area contributed by atoms with Crippen LogP contribution < -0.4 is 10.6 Å². The number of amides is 2. The Morgan fingerprint density at radius 1 is 1.23 bits per heavy atom. The number of hydrogen-bond acceptors (Lipinski definition) is 4. The van der Waals surface area contributed by atoms with Gasteiger partial charge in [0.15, 0.2) is 0 Å². The summed E-state index contributed by atoms with van der Waals surface area (Å²) in [6.07, 6.45) is 1.82. The summed E-state index contributed by atoms with van der Waals surface area (Å²) < 4.78 is 27.1. The second-order valence-corrected chi connectivity index (χ2v) is 8.28. The third-order valence-corrected chi connectivity index (χ3v) is 6.38. The van der Waals surface area contributed by atoms with E-state index in [4.69, 9.17) is 0 Å². The number of nitrogens with zero attached hydrogens (tertiary/aromatic N) is 1. The van der Waals surface area contributed by atoms with Crippen LogP contribution in [0, 0.1) is 5.92 Å². The van der Waals surface area contributed by atoms with Gasteiger partial charge >= 0.3 is 0 Å². The van der Waals surface area contributed by atoms with Crippen molar-refractivity contribution in [1.29, 1.82) is 0 Å². The van der Waals surface area contributed by atoms with Crippen molar-refractivity contribution in [2.75, 3.05) is 26.2 Å². The van der Waals surface area contributed by atoms with Crippen molar-refractivity contribution in [2.24, 2.45) is 5.92 Å². The zero-order valence-electron chi connectivity index (χ0n) is 15.1. The molecular weight excluding hydrogens is 354 g/mol. The summed E-state index contributed by atoms with van der Waals surface area (Å²) in [5.41, 5.74) is 0. The lowest BCUT2D eigenvalue weighted by molar-refractivity contribution is -0.126. The number of nitrogens with one attached hydrogen (secondary N) is 2. The molecule has 0 aliphatic carbocycles. The van der Waals surface area contributed by atoms with Gasteiger partial charge in [0.25, 0.3) is 0 Å². The van der Waals surface area contributed by atoms with Crippen molar-refractivity contribution in [3.63, 3.8) is 0 Å². The fraction of sp³-hybridized carbons (Fsp3) is 0.556. The molecule has 7 nitrogen and oxygen atoms in total. The number of rotatable bonds is 4. The number of carbonyl (C=O) groups excluding carboxylic acids is 2. The smallest absolute Gasteiger partial charge is 0.243 e. The Hall–Kier alpha value is -1.93. The third kappa shape index (κ3) is 5.54. The molecule has 0 saturated carbocycles. The van der Waals surface area contributed by atoms with E-state index in [1.807, 2.05) is 6.92 Å². The van der Waals surface area contributed by atoms with Gasteiger partial charge in [-0.1, -0.05) is 18.2 Å². The Morgan fingerprint density at radius 3 is 2.65 bits per heavy atom. The molecule has 2 amide bonds. The molecule has 2 N–H and O–H groups in total. The Kier molecular flexibility index (Phi) is 7.59. The topological polar surface area (TPSA) is 95.6 Å². The summed E-state index contributed by atoms with van der Waals surface area (Å²) in [7, 11) is -3.66. The molecule has 144 valence electrons. The number of carbonyl (C=O) groups is 2. The highest BCUT2D eigenvalue weighted by Crippen LogP contribution is 2.19. The van der Waals surface area contributed by atoms with E-state index in [0.717, 1.165) is 0 Å². The first-order valence-electron chi connectivity index (χ1n) is 9.04. The van der Waals surface area contributed by atoms with Gasteiger partial charge in [0.2, 0.25) is 21.8 Å². The van der Waals surface area contributed by atoms with Crippen LogP contribution in [0.5, 0.6) is 0 Å². The van der Waals surface area contributed by atoms with Gasteiger partial charge in [0.05, 0.1) is 4.90 Å². The summed E-state index contributed by atoms with van der Waals surface area (Å²) in [4.78, 5) is 24.4. The van der Waals surface area contributed by atoms with Gasteiger partial charge in [-0.05, 0) is 38.3 Å². The second-order valence-electron chi connectivity index (χ2n) is 6.34. The predicted octanol–water partition coefficient (Wildman–Crippen LogP) is 1.12. The molecule has 1 aliphatic heterocycles. The second kappa shape index (κ2) is 9.68. The summed E-state index contributed by atoms with van der Waals surface area (Å²) in [5.74, 6) is -0.470. The van der Waals surface area contributed by atoms with Crippen LogP contribution >= 0.6 is 0 Å². The monoisotopic (exact) mass is 381 g/mol. The van der Waals surface area contributed by atoms with Crippen LogP contribution in [-0.2, 0) is 19.6 Å². The van der Waals surface area contributed by atoms with E-state index in [0.29, 0.717) is 38.9 Å². The maximum atomic E-state index is 12.9. The van der Waals surface area contributed by atoms with Crippen LogP contribution in [0.1, 0.15) is 32.6 Å². The Bertz CT molecular complexity index is 706. The van der Waals surface area contributed by atoms with Gasteiger partial charge in [-0.25, -0.2) is 8.42 Å². The van der Waals surface area contributed by atoms with Gasteiger partial charge in [-0.15, -0.1) is 0 Å². The summed E-state index contributed by atoms with van der Waals surface area (Å²) in [6.45, 7) is 3.26. The van der Waals surface area contributed by atoms with Gasteiger partial charge in [0, 0.05) is 38.5 Å². The molecule has 0 spiro atoms. The minimum atomic E-state index is -3.66. The van der Waals surface area contributed by atoms with Crippen molar-refractivity contribution >= 4 is 21.8 Å². The first kappa shape index (κ1) is 20.4. The summed E-state index contributed by atoms with van der Waals surface area (Å²) >= 11 is 0. The SMILES string of the molecule is CCNC(=O)C1CCCN(S(=O)(=O)c2ccccc2)CCC(=O)NCC1. The first-order valence-corrected chi connectivity index (χ1v) is 10.5. The molecule has 1 aromatic rings. The Morgan fingerprint density at radius 2 is 1.96 bits per heavy atom. The van der Waals surface area contributed by atoms with E-state index in [-0.39, 0.29) is 35.6 Å². The maximum absolute atomic E-state index is 12.9. The molecule has 1 heterocycles. The molecule has 1 unspecified atom stereocenters. The maximum Gasteiger partial charge on any atom is 0.243 e. The van der Waals surface area contributed by atoms with Gasteiger partial charge < -0.3 is 10.6 Å². The lowest BCUT2D eigenvalue weighted by Gasteiger charge is -2.22. The standard InChI is InChI=1S/C18H27N3O4S/c1-2-19-18(23)15-7-6-13-21(14-11-17(22)20-12-10-15)26(24,25)16-8-4-3-5-9-16/h3-5,8-9,15H,2,6-7,10-14H2,1H3,(H,19,23)(H,20,22). The zero-order valence-corrected chi connectivity index (χ0v) is 15.9. The highest BCUT2D eigenvalue weighted by atomic mass is 32.2. The van der Waals surface area contributed by atoms with Crippen LogP contribution in [0.15, 0.2) is 35.2 Å². The van der Waals surface area contributed by atoms with Crippen LogP contribution in [0.3, 0.4) is 0 Å². The highest BCUT2D eigenvalue weighted by molar-refractivity contribution is 7.89. The van der Waals surface area contributed by atoms with Crippen molar-refractivity contribution in [3.8, 4) is 0 Å². The summed E-state index contributed by atoms with van der Waals surface area (Å²) in [5, 5.41) is 5.59. The van der Waals surface area contributed by atoms with Crippen molar-refractivity contribution in [1.82, 2.24) is 14.9 Å². The van der Waals surface area contributed by atoms with Gasteiger partial charge in [-0.3, -0.25) is 9.59 Å². The largest absolute Gasteiger partial charge is 0.356 e. The molecule has 1 aliphatic rings. The van der Waals surface area contributed by atoms with Crippen LogP contribution in [0.2, 0.25) is 0 Å². The minimum Gasteiger partial charge on any atom is -0.356 e. The quantitative estimate of drug-likeness (QED) is 0.817. The molecule has 1 saturated heterocycles. The Balaban J connectivity index is 2.15. The lowest BCUT2D eigenvalue weighted by atomic mass is 9.98. The fourth-order valence-corrected chi connectivity index (χ4v) is 4.53. The van der Waals surface area contributed by atoms with E-state index in [1.165, 1.54) is 4.31 Å². The van der Waals surface area contributed by atoms with E-state index >= 15 is 0 Å². The minimum absolute atomic E-state index is 0.0431. The molecule has 8 heteroatoms. The average molecular weight is 381 g/mol. The van der Waals surface area contributed by atoms with Crippen LogP contribution in [0.4, 0.5) is 0 Å². The fourth-order valence-electron chi connectivity index (χ4n) is 3.03. The lowest BCUT2D eigenvalue weighted by Crippen LogP contribution is -2.35. The molecule has 1 atom stereocenters. The molecule has 1 aromatic carbocycles. The van der Waals surface area contributed by atoms with Crippen LogP contribution in [-0.4, -0.2) is 50.7 Å². The van der Waals surface area contributed by atoms with E-state index in [1.54, 1.807) is 30.3 Å². The molecule has 0 aromatic heterocycles. The summed E-state index contributed by atoms with van der Waals surface area (Å²) in [6, 6.07) is 8.22. The van der Waals surface area contributed by atoms with E-state index in [2.05, 4.69) is 10.6 Å². The predicted molar refractivity (Wildman–Crippen MR) is 98.9 cm³/mol. The Labute approximate surface area is 155 Å². The normalized spacial score (nSPS) is 20.7. The zero-order chi connectivity index (χ0) is 19.0. The third-order valence-electron chi connectivity index (χ3n) is 4.47. The molecule has 26 heavy (non-hydrogen) atoms. The number of hydrogen-bond donors (Lipinski definition) is 2. The highest BCUT2D eigenvalue weighted by Gasteiger charge is 2.26. The molecule has 0 bridgehead atoms. The number of sulfonamides is 1. The number of benzene rings is 1. The van der Waals surface area contributed by atoms with Gasteiger partial charge in [-0.2, -0.15) is 4.31 Å².